The fourth-order valence-corrected chi connectivity index (χ4v) is 3.71. The third kappa shape index (κ3) is 0.935. The fourth-order valence-electron chi connectivity index (χ4n) is 0.931. The molecular formula is C7H6FS2+. The number of fused-ring (bicyclic) bond motifs is 1. The molecule has 1 aromatic carbocycles. The number of thioether (sulfide) groups is 1. The maximum Gasteiger partial charge on any atom is 0.255 e. The smallest absolute Gasteiger partial charge is 0.0630 e. The number of hydrogen-bond acceptors (Lipinski definition) is 1. The number of hydrogen-bond donors (Lipinski definition) is 0. The van der Waals surface area contributed by atoms with Crippen LogP contribution in [0.25, 0.3) is 0 Å². The van der Waals surface area contributed by atoms with Crippen LogP contribution in [0.15, 0.2) is 34.1 Å². The summed E-state index contributed by atoms with van der Waals surface area (Å²) in [6, 6.07) is 7.70. The summed E-state index contributed by atoms with van der Waals surface area (Å²) < 4.78 is 12.9. The molecule has 1 heterocycles. The second-order valence-electron chi connectivity index (χ2n) is 2.04. The second-order valence-corrected chi connectivity index (χ2v) is 4.81. The molecule has 0 radical (unpaired) electrons. The normalized spacial score (nSPS) is 22.7. The molecular weight excluding hydrogens is 167 g/mol. The van der Waals surface area contributed by atoms with Crippen molar-refractivity contribution >= 4 is 23.0 Å². The molecule has 0 fully saturated rings. The average Bonchev–Trinajstić information content (AvgIpc) is 2.34. The standard InChI is InChI=1S/C7H6FS2/c8-10-5-9-6-3-1-2-4-7(6)10/h1-4H,5H2/q+1. The Hall–Kier alpha value is -0.150. The summed E-state index contributed by atoms with van der Waals surface area (Å²) in [4.78, 5) is 2.01. The first kappa shape index (κ1) is 6.55. The maximum atomic E-state index is 12.9. The van der Waals surface area contributed by atoms with E-state index in [4.69, 9.17) is 0 Å². The Labute approximate surface area is 66.5 Å². The van der Waals surface area contributed by atoms with Crippen LogP contribution in [-0.4, -0.2) is 5.08 Å². The van der Waals surface area contributed by atoms with Crippen molar-refractivity contribution in [3.8, 4) is 0 Å². The minimum atomic E-state index is -0.985. The summed E-state index contributed by atoms with van der Waals surface area (Å²) in [5.41, 5.74) is 0. The van der Waals surface area contributed by atoms with Crippen LogP contribution in [0.1, 0.15) is 0 Å². The molecule has 0 bridgehead atoms. The Bertz CT molecular complexity index is 249. The quantitative estimate of drug-likeness (QED) is 0.543. The number of halogens is 1. The highest BCUT2D eigenvalue weighted by Gasteiger charge is 2.33. The van der Waals surface area contributed by atoms with Gasteiger partial charge in [0.25, 0.3) is 11.3 Å². The van der Waals surface area contributed by atoms with E-state index in [1.807, 2.05) is 24.3 Å². The molecule has 0 nitrogen and oxygen atoms in total. The van der Waals surface area contributed by atoms with E-state index < -0.39 is 11.3 Å². The molecule has 1 unspecified atom stereocenters. The Kier molecular flexibility index (Phi) is 1.62. The van der Waals surface area contributed by atoms with Crippen LogP contribution in [0.4, 0.5) is 3.89 Å². The lowest BCUT2D eigenvalue weighted by Gasteiger charge is -1.85. The molecule has 0 aliphatic carbocycles. The van der Waals surface area contributed by atoms with Crippen LogP contribution >= 0.6 is 11.8 Å². The lowest BCUT2D eigenvalue weighted by atomic mass is 10.4. The predicted molar refractivity (Wildman–Crippen MR) is 43.9 cm³/mol. The topological polar surface area (TPSA) is 0 Å². The molecule has 1 aromatic rings. The first-order chi connectivity index (χ1) is 4.88. The lowest BCUT2D eigenvalue weighted by Crippen LogP contribution is -1.88. The van der Waals surface area contributed by atoms with Crippen molar-refractivity contribution in [2.45, 2.75) is 9.79 Å². The summed E-state index contributed by atoms with van der Waals surface area (Å²) in [5.74, 6) is 0. The van der Waals surface area contributed by atoms with Crippen LogP contribution in [0, 0.1) is 0 Å². The van der Waals surface area contributed by atoms with Gasteiger partial charge in [0.05, 0.1) is 4.90 Å². The van der Waals surface area contributed by atoms with E-state index in [0.29, 0.717) is 5.08 Å². The highest BCUT2D eigenvalue weighted by molar-refractivity contribution is 8.15. The zero-order chi connectivity index (χ0) is 6.97. The van der Waals surface area contributed by atoms with E-state index >= 15 is 0 Å². The zero-order valence-electron chi connectivity index (χ0n) is 5.21. The van der Waals surface area contributed by atoms with Crippen molar-refractivity contribution in [3.63, 3.8) is 0 Å². The van der Waals surface area contributed by atoms with Gasteiger partial charge in [-0.2, -0.15) is 0 Å². The van der Waals surface area contributed by atoms with Crippen LogP contribution in [0.3, 0.4) is 0 Å². The largest absolute Gasteiger partial charge is 0.255 e. The summed E-state index contributed by atoms with van der Waals surface area (Å²) >= 11 is 0.629. The fraction of sp³-hybridized carbons (Fsp3) is 0.143. The maximum absolute atomic E-state index is 12.9. The molecule has 0 spiro atoms. The number of benzene rings is 1. The minimum absolute atomic E-state index is 0.624. The van der Waals surface area contributed by atoms with E-state index in [2.05, 4.69) is 0 Å². The van der Waals surface area contributed by atoms with Crippen LogP contribution in [0.2, 0.25) is 0 Å². The third-order valence-electron chi connectivity index (χ3n) is 1.41. The molecule has 1 atom stereocenters. The van der Waals surface area contributed by atoms with Gasteiger partial charge in [0.1, 0.15) is 0 Å². The molecule has 0 N–H and O–H groups in total. The van der Waals surface area contributed by atoms with E-state index in [-0.39, 0.29) is 0 Å². The molecule has 3 heteroatoms. The Morgan fingerprint density at radius 2 is 2.20 bits per heavy atom. The van der Waals surface area contributed by atoms with Gasteiger partial charge in [-0.3, -0.25) is 0 Å². The molecule has 0 aromatic heterocycles. The van der Waals surface area contributed by atoms with Gasteiger partial charge in [0.15, 0.2) is 0 Å². The van der Waals surface area contributed by atoms with Crippen molar-refractivity contribution in [3.05, 3.63) is 24.3 Å². The van der Waals surface area contributed by atoms with Crippen LogP contribution in [-0.2, 0) is 11.3 Å². The minimum Gasteiger partial charge on any atom is -0.0630 e. The van der Waals surface area contributed by atoms with Gasteiger partial charge in [-0.05, 0) is 12.1 Å². The van der Waals surface area contributed by atoms with Crippen LogP contribution in [0.5, 0.6) is 0 Å². The van der Waals surface area contributed by atoms with E-state index in [0.717, 1.165) is 9.79 Å². The van der Waals surface area contributed by atoms with Gasteiger partial charge in [-0.15, -0.1) is 0 Å². The first-order valence-electron chi connectivity index (χ1n) is 2.97. The Morgan fingerprint density at radius 1 is 1.40 bits per heavy atom. The van der Waals surface area contributed by atoms with Crippen molar-refractivity contribution in [2.24, 2.45) is 0 Å². The van der Waals surface area contributed by atoms with Gasteiger partial charge < -0.3 is 0 Å². The first-order valence-corrected chi connectivity index (χ1v) is 5.25. The van der Waals surface area contributed by atoms with Crippen LogP contribution < -0.4 is 0 Å². The second kappa shape index (κ2) is 2.47. The van der Waals surface area contributed by atoms with Gasteiger partial charge in [0.2, 0.25) is 9.98 Å². The Balaban J connectivity index is 2.51. The van der Waals surface area contributed by atoms with Crippen molar-refractivity contribution in [1.82, 2.24) is 0 Å². The molecule has 52 valence electrons. The highest BCUT2D eigenvalue weighted by Crippen LogP contribution is 2.38. The SMILES string of the molecule is F[S+]1CSc2ccccc21. The molecule has 1 aliphatic rings. The average molecular weight is 173 g/mol. The van der Waals surface area contributed by atoms with E-state index in [9.17, 15) is 3.89 Å². The molecule has 0 saturated heterocycles. The lowest BCUT2D eigenvalue weighted by molar-refractivity contribution is 0.904. The molecule has 0 saturated carbocycles. The molecule has 2 rings (SSSR count). The van der Waals surface area contributed by atoms with E-state index in [1.165, 1.54) is 0 Å². The zero-order valence-corrected chi connectivity index (χ0v) is 6.84. The summed E-state index contributed by atoms with van der Waals surface area (Å²) in [6.45, 7) is 0. The summed E-state index contributed by atoms with van der Waals surface area (Å²) in [6.07, 6.45) is 0. The molecule has 0 amide bonds. The Morgan fingerprint density at radius 3 is 3.00 bits per heavy atom. The van der Waals surface area contributed by atoms with Crippen molar-refractivity contribution < 1.29 is 3.89 Å². The van der Waals surface area contributed by atoms with Gasteiger partial charge in [0, 0.05) is 3.89 Å². The molecule has 10 heavy (non-hydrogen) atoms. The molecule has 1 aliphatic heterocycles. The monoisotopic (exact) mass is 173 g/mol. The highest BCUT2D eigenvalue weighted by atomic mass is 32.3. The van der Waals surface area contributed by atoms with Gasteiger partial charge in [-0.1, -0.05) is 23.9 Å². The number of rotatable bonds is 0. The summed E-state index contributed by atoms with van der Waals surface area (Å²) in [5, 5.41) is 0.624. The predicted octanol–water partition coefficient (Wildman–Crippen LogP) is 2.61. The summed E-state index contributed by atoms with van der Waals surface area (Å²) in [7, 11) is 0. The van der Waals surface area contributed by atoms with Gasteiger partial charge in [-0.25, -0.2) is 0 Å². The third-order valence-corrected chi connectivity index (χ3v) is 4.33. The van der Waals surface area contributed by atoms with E-state index in [1.54, 1.807) is 11.8 Å². The van der Waals surface area contributed by atoms with Gasteiger partial charge >= 0.3 is 0 Å². The van der Waals surface area contributed by atoms with Crippen molar-refractivity contribution in [1.29, 1.82) is 0 Å². The van der Waals surface area contributed by atoms with Crippen molar-refractivity contribution in [2.75, 3.05) is 5.08 Å².